The number of fused-ring (bicyclic) bond motifs is 1. The number of carbonyl (C=O) groups excluding carboxylic acids is 3. The van der Waals surface area contributed by atoms with Crippen molar-refractivity contribution >= 4 is 34.6 Å². The van der Waals surface area contributed by atoms with Gasteiger partial charge in [-0.15, -0.1) is 0 Å². The molecule has 0 N–H and O–H groups in total. The van der Waals surface area contributed by atoms with Gasteiger partial charge in [0.1, 0.15) is 29.3 Å². The Labute approximate surface area is 262 Å². The summed E-state index contributed by atoms with van der Waals surface area (Å²) >= 11 is 1.36. The maximum atomic E-state index is 14.6. The number of hydrogen-bond donors (Lipinski definition) is 0. The minimum atomic E-state index is -1.59. The summed E-state index contributed by atoms with van der Waals surface area (Å²) in [7, 11) is 1.60. The Kier molecular flexibility index (Phi) is 9.16. The number of urea groups is 1. The summed E-state index contributed by atoms with van der Waals surface area (Å²) in [4.78, 5) is 50.0. The number of thioether (sulfide) groups is 1. The molecule has 12 heteroatoms. The van der Waals surface area contributed by atoms with Crippen molar-refractivity contribution in [2.75, 3.05) is 26.9 Å². The van der Waals surface area contributed by atoms with Gasteiger partial charge in [0.25, 0.3) is 0 Å². The van der Waals surface area contributed by atoms with E-state index in [1.165, 1.54) is 18.0 Å². The molecule has 5 rings (SSSR count). The fraction of sp³-hybridized carbons (Fsp3) is 0.562. The summed E-state index contributed by atoms with van der Waals surface area (Å²) in [5.74, 6) is -0.896. The van der Waals surface area contributed by atoms with Crippen molar-refractivity contribution in [1.29, 1.82) is 0 Å². The van der Waals surface area contributed by atoms with Gasteiger partial charge in [-0.05, 0) is 66.0 Å². The molecule has 44 heavy (non-hydrogen) atoms. The second-order valence-electron chi connectivity index (χ2n) is 12.7. The minimum absolute atomic E-state index is 0.0933. The zero-order chi connectivity index (χ0) is 31.8. The Morgan fingerprint density at radius 1 is 1.14 bits per heavy atom. The molecule has 3 amide bonds. The lowest BCUT2D eigenvalue weighted by molar-refractivity contribution is -0.171. The third-order valence-electron chi connectivity index (χ3n) is 8.04. The summed E-state index contributed by atoms with van der Waals surface area (Å²) in [6.45, 7) is 11.4. The average Bonchev–Trinajstić information content (AvgIpc) is 3.62. The number of oxazole rings is 1. The largest absolute Gasteiger partial charge is 0.496 e. The molecule has 0 spiro atoms. The number of methoxy groups -OCH3 is 1. The van der Waals surface area contributed by atoms with E-state index >= 15 is 0 Å². The lowest BCUT2D eigenvalue weighted by Crippen LogP contribution is -2.68. The number of carbonyl (C=O) groups is 3. The average molecular weight is 628 g/mol. The number of hydrogen-bond acceptors (Lipinski definition) is 10. The van der Waals surface area contributed by atoms with E-state index in [2.05, 4.69) is 4.98 Å². The molecule has 2 aromatic rings. The van der Waals surface area contributed by atoms with Gasteiger partial charge in [0.15, 0.2) is 0 Å². The first-order chi connectivity index (χ1) is 20.8. The molecular weight excluding hydrogens is 586 g/mol. The summed E-state index contributed by atoms with van der Waals surface area (Å²) in [6, 6.07) is 6.96. The zero-order valence-corrected chi connectivity index (χ0v) is 27.1. The molecule has 11 nitrogen and oxygen atoms in total. The summed E-state index contributed by atoms with van der Waals surface area (Å²) in [6.07, 6.45) is 3.76. The number of esters is 1. The SMILES string of the molecule is COc1ccccc1[C@H](CN1C(=O)N(C(C)(C)C(=O)OC(C)(C)C)C(=O)C2C(C)=C(c3ncco3)SC21)OC1CCOCC1. The van der Waals surface area contributed by atoms with E-state index in [1.807, 2.05) is 31.2 Å². The van der Waals surface area contributed by atoms with Crippen LogP contribution in [0.3, 0.4) is 0 Å². The fourth-order valence-corrected chi connectivity index (χ4v) is 7.29. The third-order valence-corrected chi connectivity index (χ3v) is 9.54. The zero-order valence-electron chi connectivity index (χ0n) is 26.3. The first-order valence-electron chi connectivity index (χ1n) is 14.8. The van der Waals surface area contributed by atoms with Crippen LogP contribution in [0.4, 0.5) is 4.79 Å². The molecule has 0 radical (unpaired) electrons. The number of aromatic nitrogens is 1. The first kappa shape index (κ1) is 32.1. The van der Waals surface area contributed by atoms with Crippen LogP contribution in [0.1, 0.15) is 71.9 Å². The van der Waals surface area contributed by atoms with Crippen molar-refractivity contribution in [3.63, 3.8) is 0 Å². The predicted octanol–water partition coefficient (Wildman–Crippen LogP) is 5.42. The normalized spacial score (nSPS) is 22.3. The molecular formula is C32H41N3O8S. The highest BCUT2D eigenvalue weighted by molar-refractivity contribution is 8.09. The lowest BCUT2D eigenvalue weighted by atomic mass is 9.91. The van der Waals surface area contributed by atoms with Crippen molar-refractivity contribution in [3.05, 3.63) is 53.8 Å². The smallest absolute Gasteiger partial charge is 0.332 e. The highest BCUT2D eigenvalue weighted by Crippen LogP contribution is 2.52. The molecule has 4 heterocycles. The van der Waals surface area contributed by atoms with Crippen LogP contribution in [0.5, 0.6) is 5.75 Å². The molecule has 2 fully saturated rings. The van der Waals surface area contributed by atoms with E-state index in [0.29, 0.717) is 48.2 Å². The Hall–Kier alpha value is -3.35. The molecule has 3 aliphatic rings. The summed E-state index contributed by atoms with van der Waals surface area (Å²) in [5.41, 5.74) is -0.916. The van der Waals surface area contributed by atoms with Crippen molar-refractivity contribution in [2.45, 2.75) is 83.1 Å². The molecule has 2 unspecified atom stereocenters. The van der Waals surface area contributed by atoms with Gasteiger partial charge in [0.05, 0.1) is 42.2 Å². The van der Waals surface area contributed by atoms with Crippen molar-refractivity contribution in [3.8, 4) is 5.75 Å². The van der Waals surface area contributed by atoms with Gasteiger partial charge in [-0.3, -0.25) is 4.79 Å². The van der Waals surface area contributed by atoms with Gasteiger partial charge in [-0.1, -0.05) is 30.0 Å². The Bertz CT molecular complexity index is 1410. The fourth-order valence-electron chi connectivity index (χ4n) is 5.77. The Morgan fingerprint density at radius 3 is 2.48 bits per heavy atom. The van der Waals surface area contributed by atoms with Gasteiger partial charge in [-0.25, -0.2) is 19.5 Å². The number of nitrogens with zero attached hydrogens (tertiary/aromatic N) is 3. The summed E-state index contributed by atoms with van der Waals surface area (Å²) < 4.78 is 29.3. The number of amides is 3. The van der Waals surface area contributed by atoms with Crippen LogP contribution < -0.4 is 4.74 Å². The lowest BCUT2D eigenvalue weighted by Gasteiger charge is -2.48. The van der Waals surface area contributed by atoms with E-state index in [0.717, 1.165) is 10.5 Å². The monoisotopic (exact) mass is 627 g/mol. The number of rotatable bonds is 9. The quantitative estimate of drug-likeness (QED) is 0.333. The van der Waals surface area contributed by atoms with Crippen LogP contribution in [-0.4, -0.2) is 82.2 Å². The molecule has 3 aliphatic heterocycles. The maximum Gasteiger partial charge on any atom is 0.332 e. The van der Waals surface area contributed by atoms with Gasteiger partial charge >= 0.3 is 12.0 Å². The second-order valence-corrected chi connectivity index (χ2v) is 13.8. The maximum absolute atomic E-state index is 14.6. The third kappa shape index (κ3) is 6.25. The number of para-hydroxylation sites is 1. The molecule has 1 aromatic heterocycles. The topological polar surface area (TPSA) is 121 Å². The molecule has 0 saturated carbocycles. The van der Waals surface area contributed by atoms with Gasteiger partial charge in [0, 0.05) is 18.8 Å². The molecule has 1 aromatic carbocycles. The van der Waals surface area contributed by atoms with Gasteiger partial charge in [-0.2, -0.15) is 0 Å². The van der Waals surface area contributed by atoms with Gasteiger partial charge < -0.3 is 28.3 Å². The first-order valence-corrected chi connectivity index (χ1v) is 15.7. The molecule has 2 saturated heterocycles. The number of benzene rings is 1. The van der Waals surface area contributed by atoms with Crippen LogP contribution in [0.15, 0.2) is 46.7 Å². The second kappa shape index (κ2) is 12.6. The summed E-state index contributed by atoms with van der Waals surface area (Å²) in [5, 5.41) is -0.613. The standard InChI is InChI=1S/C32H41N3O8S/c1-19-24-27(36)35(32(5,6)29(37)43-31(2,3)4)30(38)34(28(24)44-25(19)26-33-14-17-41-26)18-23(42-20-12-15-40-16-13-20)21-10-8-9-11-22(21)39-7/h8-11,14,17,20,23-24,28H,12-13,15-16,18H2,1-7H3/t23-,24?,28?/m0/s1. The van der Waals surface area contributed by atoms with E-state index in [4.69, 9.17) is 23.4 Å². The predicted molar refractivity (Wildman–Crippen MR) is 163 cm³/mol. The van der Waals surface area contributed by atoms with E-state index in [1.54, 1.807) is 52.8 Å². The van der Waals surface area contributed by atoms with Crippen LogP contribution >= 0.6 is 11.8 Å². The van der Waals surface area contributed by atoms with E-state index in [9.17, 15) is 14.4 Å². The molecule has 3 atom stereocenters. The Balaban J connectivity index is 1.57. The van der Waals surface area contributed by atoms with Gasteiger partial charge in [0.2, 0.25) is 11.8 Å². The number of imide groups is 1. The van der Waals surface area contributed by atoms with E-state index < -0.39 is 46.4 Å². The van der Waals surface area contributed by atoms with Crippen molar-refractivity contribution < 1.29 is 37.7 Å². The Morgan fingerprint density at radius 2 is 1.84 bits per heavy atom. The number of ether oxygens (including phenoxy) is 4. The highest BCUT2D eigenvalue weighted by Gasteiger charge is 2.58. The molecule has 0 bridgehead atoms. The van der Waals surface area contributed by atoms with Crippen LogP contribution in [-0.2, 0) is 23.8 Å². The molecule has 0 aliphatic carbocycles. The highest BCUT2D eigenvalue weighted by atomic mass is 32.2. The molecule has 238 valence electrons. The van der Waals surface area contributed by atoms with E-state index in [-0.39, 0.29) is 12.6 Å². The van der Waals surface area contributed by atoms with Crippen LogP contribution in [0, 0.1) is 5.92 Å². The minimum Gasteiger partial charge on any atom is -0.496 e. The van der Waals surface area contributed by atoms with Crippen LogP contribution in [0.25, 0.3) is 4.91 Å². The van der Waals surface area contributed by atoms with Crippen molar-refractivity contribution in [1.82, 2.24) is 14.8 Å². The van der Waals surface area contributed by atoms with Crippen LogP contribution in [0.2, 0.25) is 0 Å². The van der Waals surface area contributed by atoms with Crippen molar-refractivity contribution in [2.24, 2.45) is 5.92 Å².